The van der Waals surface area contributed by atoms with Crippen molar-refractivity contribution in [1.29, 1.82) is 0 Å². The van der Waals surface area contributed by atoms with E-state index in [4.69, 9.17) is 15.2 Å². The van der Waals surface area contributed by atoms with Gasteiger partial charge in [-0.3, -0.25) is 14.5 Å². The maximum atomic E-state index is 12.8. The van der Waals surface area contributed by atoms with Crippen LogP contribution in [-0.4, -0.2) is 65.7 Å². The third kappa shape index (κ3) is 5.97. The number of amides is 2. The van der Waals surface area contributed by atoms with Crippen molar-refractivity contribution in [1.82, 2.24) is 14.5 Å². The van der Waals surface area contributed by atoms with Gasteiger partial charge in [-0.15, -0.1) is 0 Å². The fourth-order valence-electron chi connectivity index (χ4n) is 3.66. The third-order valence-corrected chi connectivity index (χ3v) is 5.37. The number of benzene rings is 2. The molecular formula is C24H27N5O4. The van der Waals surface area contributed by atoms with Crippen molar-refractivity contribution in [2.24, 2.45) is 5.73 Å². The van der Waals surface area contributed by atoms with Crippen LogP contribution in [0.5, 0.6) is 5.75 Å². The molecule has 0 aliphatic carbocycles. The highest BCUT2D eigenvalue weighted by molar-refractivity contribution is 6.07. The Bertz CT molecular complexity index is 1090. The predicted octanol–water partition coefficient (Wildman–Crippen LogP) is 1.99. The van der Waals surface area contributed by atoms with Gasteiger partial charge in [-0.1, -0.05) is 36.4 Å². The molecule has 1 aromatic heterocycles. The number of hydrogen-bond acceptors (Lipinski definition) is 6. The first kappa shape index (κ1) is 22.5. The van der Waals surface area contributed by atoms with Crippen molar-refractivity contribution < 1.29 is 19.1 Å². The standard InChI is InChI=1S/C24H27N5O4/c25-22(30)21-23(26-17-29(21)16-18-5-2-1-3-6-18)27-24(31)19-7-4-8-20(15-19)33-14-11-28-9-12-32-13-10-28/h1-8,15,17H,9-14,16H2,(H2,25,30)(H,27,31). The Hall–Kier alpha value is -3.69. The van der Waals surface area contributed by atoms with Crippen molar-refractivity contribution >= 4 is 17.6 Å². The number of carbonyl (C=O) groups is 2. The lowest BCUT2D eigenvalue weighted by atomic mass is 10.2. The smallest absolute Gasteiger partial charge is 0.269 e. The zero-order chi connectivity index (χ0) is 23.0. The normalized spacial score (nSPS) is 14.1. The first-order valence-corrected chi connectivity index (χ1v) is 10.8. The maximum absolute atomic E-state index is 12.8. The Morgan fingerprint density at radius 1 is 1.09 bits per heavy atom. The van der Waals surface area contributed by atoms with Gasteiger partial charge in [-0.25, -0.2) is 4.98 Å². The summed E-state index contributed by atoms with van der Waals surface area (Å²) in [5.41, 5.74) is 7.11. The minimum atomic E-state index is -0.668. The van der Waals surface area contributed by atoms with Gasteiger partial charge in [0.15, 0.2) is 11.5 Å². The Morgan fingerprint density at radius 2 is 1.88 bits per heavy atom. The highest BCUT2D eigenvalue weighted by Crippen LogP contribution is 2.18. The zero-order valence-electron chi connectivity index (χ0n) is 18.3. The van der Waals surface area contributed by atoms with Crippen LogP contribution >= 0.6 is 0 Å². The van der Waals surface area contributed by atoms with Crippen molar-refractivity contribution in [3.8, 4) is 5.75 Å². The second kappa shape index (κ2) is 10.8. The van der Waals surface area contributed by atoms with Crippen LogP contribution in [0.1, 0.15) is 26.4 Å². The molecule has 9 heteroatoms. The second-order valence-electron chi connectivity index (χ2n) is 7.70. The summed E-state index contributed by atoms with van der Waals surface area (Å²) in [6, 6.07) is 16.5. The minimum absolute atomic E-state index is 0.127. The first-order valence-electron chi connectivity index (χ1n) is 10.8. The number of nitrogens with two attached hydrogens (primary N) is 1. The fourth-order valence-corrected chi connectivity index (χ4v) is 3.66. The number of nitrogens with one attached hydrogen (secondary N) is 1. The molecule has 0 unspecified atom stereocenters. The average molecular weight is 450 g/mol. The van der Waals surface area contributed by atoms with E-state index in [1.807, 2.05) is 30.3 Å². The molecule has 9 nitrogen and oxygen atoms in total. The molecule has 0 spiro atoms. The SMILES string of the molecule is NC(=O)c1c(NC(=O)c2cccc(OCCN3CCOCC3)c2)ncn1Cc1ccccc1. The quantitative estimate of drug-likeness (QED) is 0.517. The number of carbonyl (C=O) groups excluding carboxylic acids is 2. The molecule has 4 rings (SSSR count). The highest BCUT2D eigenvalue weighted by Gasteiger charge is 2.19. The lowest BCUT2D eigenvalue weighted by Crippen LogP contribution is -2.38. The molecule has 172 valence electrons. The summed E-state index contributed by atoms with van der Waals surface area (Å²) in [5, 5.41) is 2.70. The molecule has 0 saturated carbocycles. The Kier molecular flexibility index (Phi) is 7.33. The fraction of sp³-hybridized carbons (Fsp3) is 0.292. The lowest BCUT2D eigenvalue weighted by Gasteiger charge is -2.26. The van der Waals surface area contributed by atoms with E-state index in [0.29, 0.717) is 24.5 Å². The van der Waals surface area contributed by atoms with Crippen molar-refractivity contribution in [3.05, 3.63) is 77.7 Å². The molecule has 1 fully saturated rings. The molecular weight excluding hydrogens is 422 g/mol. The molecule has 33 heavy (non-hydrogen) atoms. The van der Waals surface area contributed by atoms with Crippen LogP contribution in [0.2, 0.25) is 0 Å². The molecule has 0 radical (unpaired) electrons. The van der Waals surface area contributed by atoms with E-state index in [2.05, 4.69) is 15.2 Å². The topological polar surface area (TPSA) is 112 Å². The van der Waals surface area contributed by atoms with Crippen LogP contribution in [0, 0.1) is 0 Å². The van der Waals surface area contributed by atoms with E-state index in [9.17, 15) is 9.59 Å². The van der Waals surface area contributed by atoms with Crippen molar-refractivity contribution in [2.45, 2.75) is 6.54 Å². The maximum Gasteiger partial charge on any atom is 0.269 e. The molecule has 3 N–H and O–H groups in total. The number of ether oxygens (including phenoxy) is 2. The predicted molar refractivity (Wildman–Crippen MR) is 123 cm³/mol. The van der Waals surface area contributed by atoms with Crippen LogP contribution in [-0.2, 0) is 11.3 Å². The van der Waals surface area contributed by atoms with Gasteiger partial charge < -0.3 is 25.1 Å². The molecule has 1 saturated heterocycles. The van der Waals surface area contributed by atoms with E-state index < -0.39 is 11.8 Å². The number of hydrogen-bond donors (Lipinski definition) is 2. The Balaban J connectivity index is 1.40. The van der Waals surface area contributed by atoms with Gasteiger partial charge >= 0.3 is 0 Å². The summed E-state index contributed by atoms with van der Waals surface area (Å²) in [7, 11) is 0. The number of anilines is 1. The van der Waals surface area contributed by atoms with E-state index in [1.165, 1.54) is 6.33 Å². The van der Waals surface area contributed by atoms with Gasteiger partial charge in [-0.05, 0) is 23.8 Å². The minimum Gasteiger partial charge on any atom is -0.492 e. The van der Waals surface area contributed by atoms with Crippen LogP contribution in [0.25, 0.3) is 0 Å². The number of imidazole rings is 1. The summed E-state index contributed by atoms with van der Waals surface area (Å²) >= 11 is 0. The average Bonchev–Trinajstić information content (AvgIpc) is 3.22. The van der Waals surface area contributed by atoms with Crippen molar-refractivity contribution in [2.75, 3.05) is 44.8 Å². The van der Waals surface area contributed by atoms with Gasteiger partial charge in [0.1, 0.15) is 12.4 Å². The van der Waals surface area contributed by atoms with Crippen LogP contribution < -0.4 is 15.8 Å². The van der Waals surface area contributed by atoms with E-state index in [0.717, 1.165) is 38.4 Å². The van der Waals surface area contributed by atoms with E-state index in [1.54, 1.807) is 28.8 Å². The van der Waals surface area contributed by atoms with Crippen LogP contribution in [0.15, 0.2) is 60.9 Å². The summed E-state index contributed by atoms with van der Waals surface area (Å²) in [6.45, 7) is 4.99. The molecule has 0 bridgehead atoms. The number of aromatic nitrogens is 2. The molecule has 1 aliphatic heterocycles. The van der Waals surface area contributed by atoms with Gasteiger partial charge in [0.05, 0.1) is 19.5 Å². The van der Waals surface area contributed by atoms with Gasteiger partial charge in [-0.2, -0.15) is 0 Å². The Labute approximate surface area is 192 Å². The zero-order valence-corrected chi connectivity index (χ0v) is 18.3. The van der Waals surface area contributed by atoms with Gasteiger partial charge in [0, 0.05) is 31.7 Å². The summed E-state index contributed by atoms with van der Waals surface area (Å²) in [5.74, 6) is -0.345. The highest BCUT2D eigenvalue weighted by atomic mass is 16.5. The summed E-state index contributed by atoms with van der Waals surface area (Å²) in [6.07, 6.45) is 1.49. The molecule has 2 amide bonds. The summed E-state index contributed by atoms with van der Waals surface area (Å²) < 4.78 is 12.8. The molecule has 3 aromatic rings. The van der Waals surface area contributed by atoms with Crippen molar-refractivity contribution in [3.63, 3.8) is 0 Å². The number of primary amides is 1. The monoisotopic (exact) mass is 449 g/mol. The molecule has 2 aromatic carbocycles. The van der Waals surface area contributed by atoms with Crippen LogP contribution in [0.3, 0.4) is 0 Å². The van der Waals surface area contributed by atoms with E-state index >= 15 is 0 Å². The van der Waals surface area contributed by atoms with E-state index in [-0.39, 0.29) is 11.5 Å². The molecule has 1 aliphatic rings. The van der Waals surface area contributed by atoms with Gasteiger partial charge in [0.2, 0.25) is 0 Å². The molecule has 0 atom stereocenters. The number of morpholine rings is 1. The first-order chi connectivity index (χ1) is 16.1. The van der Waals surface area contributed by atoms with Crippen LogP contribution in [0.4, 0.5) is 5.82 Å². The number of nitrogens with zero attached hydrogens (tertiary/aromatic N) is 3. The number of rotatable bonds is 9. The summed E-state index contributed by atoms with van der Waals surface area (Å²) in [4.78, 5) is 31.4. The lowest BCUT2D eigenvalue weighted by molar-refractivity contribution is 0.0322. The van der Waals surface area contributed by atoms with Gasteiger partial charge in [0.25, 0.3) is 11.8 Å². The second-order valence-corrected chi connectivity index (χ2v) is 7.70. The largest absolute Gasteiger partial charge is 0.492 e. The molecule has 2 heterocycles. The Morgan fingerprint density at radius 3 is 2.64 bits per heavy atom. The third-order valence-electron chi connectivity index (χ3n) is 5.37.